The normalized spacial score (nSPS) is 10.2. The highest BCUT2D eigenvalue weighted by molar-refractivity contribution is 6.30. The average molecular weight is 312 g/mol. The first-order valence-electron chi connectivity index (χ1n) is 6.18. The van der Waals surface area contributed by atoms with Crippen molar-refractivity contribution >= 4 is 23.2 Å². The number of halogens is 3. The zero-order valence-electron chi connectivity index (χ0n) is 10.9. The molecule has 0 saturated heterocycles. The summed E-state index contributed by atoms with van der Waals surface area (Å²) in [6.07, 6.45) is 0.0411. The number of amides is 1. The molecule has 0 unspecified atom stereocenters. The number of hydrogen-bond acceptors (Lipinski definition) is 2. The van der Waals surface area contributed by atoms with Crippen LogP contribution in [0.2, 0.25) is 5.02 Å². The Bertz CT molecular complexity index is 632. The molecule has 0 aliphatic rings. The maximum atomic E-state index is 13.3. The van der Waals surface area contributed by atoms with E-state index in [4.69, 9.17) is 16.3 Å². The van der Waals surface area contributed by atoms with Crippen LogP contribution in [0.25, 0.3) is 0 Å². The Hall–Kier alpha value is -2.14. The van der Waals surface area contributed by atoms with Crippen LogP contribution in [0.4, 0.5) is 14.5 Å². The topological polar surface area (TPSA) is 38.3 Å². The highest BCUT2D eigenvalue weighted by atomic mass is 35.5. The molecule has 21 heavy (non-hydrogen) atoms. The quantitative estimate of drug-likeness (QED) is 0.905. The minimum atomic E-state index is -0.818. The van der Waals surface area contributed by atoms with Crippen molar-refractivity contribution in [2.75, 3.05) is 11.9 Å². The van der Waals surface area contributed by atoms with Crippen LogP contribution < -0.4 is 10.1 Å². The SMILES string of the molecule is O=C(CCOc1ccc(Cl)cc1)Nc1ccc(F)cc1F. The molecule has 0 spiro atoms. The van der Waals surface area contributed by atoms with Gasteiger partial charge in [0.1, 0.15) is 17.4 Å². The Labute approximate surface area is 125 Å². The fraction of sp³-hybridized carbons (Fsp3) is 0.133. The molecule has 1 N–H and O–H groups in total. The Morgan fingerprint density at radius 3 is 2.52 bits per heavy atom. The highest BCUT2D eigenvalue weighted by Crippen LogP contribution is 2.17. The van der Waals surface area contributed by atoms with Crippen LogP contribution in [0.3, 0.4) is 0 Å². The lowest BCUT2D eigenvalue weighted by molar-refractivity contribution is -0.116. The highest BCUT2D eigenvalue weighted by Gasteiger charge is 2.08. The molecule has 0 aliphatic carbocycles. The molecule has 0 atom stereocenters. The van der Waals surface area contributed by atoms with Crippen LogP contribution in [-0.4, -0.2) is 12.5 Å². The summed E-state index contributed by atoms with van der Waals surface area (Å²) in [5.41, 5.74) is -0.0621. The molecular weight excluding hydrogens is 300 g/mol. The summed E-state index contributed by atoms with van der Waals surface area (Å²) >= 11 is 5.73. The van der Waals surface area contributed by atoms with Crippen LogP contribution in [0.15, 0.2) is 42.5 Å². The van der Waals surface area contributed by atoms with Crippen LogP contribution in [0, 0.1) is 11.6 Å². The lowest BCUT2D eigenvalue weighted by Crippen LogP contribution is -2.16. The molecule has 110 valence electrons. The predicted octanol–water partition coefficient (Wildman–Crippen LogP) is 4.03. The third-order valence-electron chi connectivity index (χ3n) is 2.62. The van der Waals surface area contributed by atoms with Gasteiger partial charge >= 0.3 is 0 Å². The lowest BCUT2D eigenvalue weighted by Gasteiger charge is -2.08. The molecule has 2 rings (SSSR count). The second kappa shape index (κ2) is 7.04. The van der Waals surface area contributed by atoms with E-state index < -0.39 is 17.5 Å². The van der Waals surface area contributed by atoms with Crippen LogP contribution in [-0.2, 0) is 4.79 Å². The van der Waals surface area contributed by atoms with E-state index in [1.165, 1.54) is 6.07 Å². The van der Waals surface area contributed by atoms with Gasteiger partial charge in [-0.05, 0) is 36.4 Å². The van der Waals surface area contributed by atoms with Gasteiger partial charge in [0.15, 0.2) is 0 Å². The molecule has 0 radical (unpaired) electrons. The number of hydrogen-bond donors (Lipinski definition) is 1. The second-order valence-corrected chi connectivity index (χ2v) is 4.66. The summed E-state index contributed by atoms with van der Waals surface area (Å²) < 4.78 is 31.4. The van der Waals surface area contributed by atoms with Crippen molar-refractivity contribution in [1.29, 1.82) is 0 Å². The van der Waals surface area contributed by atoms with E-state index in [1.54, 1.807) is 24.3 Å². The van der Waals surface area contributed by atoms with E-state index in [-0.39, 0.29) is 18.7 Å². The van der Waals surface area contributed by atoms with Gasteiger partial charge in [-0.25, -0.2) is 8.78 Å². The zero-order valence-corrected chi connectivity index (χ0v) is 11.7. The van der Waals surface area contributed by atoms with E-state index in [0.29, 0.717) is 16.8 Å². The van der Waals surface area contributed by atoms with Gasteiger partial charge in [-0.15, -0.1) is 0 Å². The van der Waals surface area contributed by atoms with Gasteiger partial charge in [0.2, 0.25) is 5.91 Å². The third-order valence-corrected chi connectivity index (χ3v) is 2.87. The summed E-state index contributed by atoms with van der Waals surface area (Å²) in [7, 11) is 0. The van der Waals surface area contributed by atoms with Gasteiger partial charge < -0.3 is 10.1 Å². The van der Waals surface area contributed by atoms with Crippen molar-refractivity contribution in [1.82, 2.24) is 0 Å². The molecular formula is C15H12ClF2NO2. The largest absolute Gasteiger partial charge is 0.493 e. The Morgan fingerprint density at radius 1 is 1.14 bits per heavy atom. The number of ether oxygens (including phenoxy) is 1. The van der Waals surface area contributed by atoms with Crippen molar-refractivity contribution in [3.63, 3.8) is 0 Å². The van der Waals surface area contributed by atoms with Crippen molar-refractivity contribution < 1.29 is 18.3 Å². The van der Waals surface area contributed by atoms with Crippen LogP contribution in [0.1, 0.15) is 6.42 Å². The minimum absolute atomic E-state index is 0.0411. The van der Waals surface area contributed by atoms with Crippen molar-refractivity contribution in [2.45, 2.75) is 6.42 Å². The monoisotopic (exact) mass is 311 g/mol. The summed E-state index contributed by atoms with van der Waals surface area (Å²) in [6, 6.07) is 9.65. The molecule has 0 aromatic heterocycles. The van der Waals surface area contributed by atoms with E-state index in [1.807, 2.05) is 0 Å². The summed E-state index contributed by atoms with van der Waals surface area (Å²) in [5, 5.41) is 2.94. The third kappa shape index (κ3) is 4.72. The summed E-state index contributed by atoms with van der Waals surface area (Å²) in [6.45, 7) is 0.135. The first-order chi connectivity index (χ1) is 10.0. The second-order valence-electron chi connectivity index (χ2n) is 4.22. The smallest absolute Gasteiger partial charge is 0.227 e. The first kappa shape index (κ1) is 15.3. The fourth-order valence-corrected chi connectivity index (χ4v) is 1.72. The average Bonchev–Trinajstić information content (AvgIpc) is 2.44. The molecule has 0 bridgehead atoms. The fourth-order valence-electron chi connectivity index (χ4n) is 1.60. The number of carbonyl (C=O) groups is 1. The van der Waals surface area contributed by atoms with Gasteiger partial charge in [0.05, 0.1) is 18.7 Å². The lowest BCUT2D eigenvalue weighted by atomic mass is 10.3. The number of nitrogens with one attached hydrogen (secondary N) is 1. The van der Waals surface area contributed by atoms with Gasteiger partial charge in [-0.1, -0.05) is 11.6 Å². The van der Waals surface area contributed by atoms with Gasteiger partial charge in [0, 0.05) is 11.1 Å². The van der Waals surface area contributed by atoms with Crippen molar-refractivity contribution in [2.24, 2.45) is 0 Å². The molecule has 0 heterocycles. The van der Waals surface area contributed by atoms with E-state index in [0.717, 1.165) is 6.07 Å². The Kier molecular flexibility index (Phi) is 5.11. The number of rotatable bonds is 5. The standard InChI is InChI=1S/C15H12ClF2NO2/c16-10-1-4-12(5-2-10)21-8-7-15(20)19-14-6-3-11(17)9-13(14)18/h1-6,9H,7-8H2,(H,19,20). The van der Waals surface area contributed by atoms with Crippen molar-refractivity contribution in [3.05, 3.63) is 59.1 Å². The molecule has 2 aromatic rings. The Morgan fingerprint density at radius 2 is 1.86 bits per heavy atom. The molecule has 2 aromatic carbocycles. The van der Waals surface area contributed by atoms with Crippen LogP contribution >= 0.6 is 11.6 Å². The van der Waals surface area contributed by atoms with E-state index >= 15 is 0 Å². The molecule has 1 amide bonds. The first-order valence-corrected chi connectivity index (χ1v) is 6.55. The maximum absolute atomic E-state index is 13.3. The molecule has 0 fully saturated rings. The van der Waals surface area contributed by atoms with E-state index in [9.17, 15) is 13.6 Å². The number of carbonyl (C=O) groups excluding carboxylic acids is 1. The molecule has 3 nitrogen and oxygen atoms in total. The van der Waals surface area contributed by atoms with Gasteiger partial charge in [-0.2, -0.15) is 0 Å². The van der Waals surface area contributed by atoms with Crippen molar-refractivity contribution in [3.8, 4) is 5.75 Å². The predicted molar refractivity (Wildman–Crippen MR) is 76.6 cm³/mol. The van der Waals surface area contributed by atoms with E-state index in [2.05, 4.69) is 5.32 Å². The molecule has 0 saturated carbocycles. The zero-order chi connectivity index (χ0) is 15.2. The number of benzene rings is 2. The van der Waals surface area contributed by atoms with Crippen LogP contribution in [0.5, 0.6) is 5.75 Å². The summed E-state index contributed by atoms with van der Waals surface area (Å²) in [5.74, 6) is -1.35. The maximum Gasteiger partial charge on any atom is 0.227 e. The van der Waals surface area contributed by atoms with Gasteiger partial charge in [-0.3, -0.25) is 4.79 Å². The number of anilines is 1. The molecule has 6 heteroatoms. The molecule has 0 aliphatic heterocycles. The van der Waals surface area contributed by atoms with Gasteiger partial charge in [0.25, 0.3) is 0 Å². The Balaban J connectivity index is 1.81. The minimum Gasteiger partial charge on any atom is -0.493 e. The summed E-state index contributed by atoms with van der Waals surface area (Å²) in [4.78, 5) is 11.6.